The Hall–Kier alpha value is -2.02. The number of β-lactam (4-membered cyclic amide) rings is 1. The van der Waals surface area contributed by atoms with Gasteiger partial charge in [0.05, 0.1) is 6.04 Å². The molecule has 1 aromatic rings. The lowest BCUT2D eigenvalue weighted by atomic mass is 9.83. The Labute approximate surface area is 152 Å². The molecule has 2 aliphatic heterocycles. The van der Waals surface area contributed by atoms with Gasteiger partial charge in [-0.05, 0) is 36.0 Å². The van der Waals surface area contributed by atoms with Crippen molar-refractivity contribution >= 4 is 30.4 Å². The summed E-state index contributed by atoms with van der Waals surface area (Å²) in [4.78, 5) is 38.3. The number of hydrogen-bond acceptors (Lipinski definition) is 4. The Kier molecular flexibility index (Phi) is 4.53. The number of benzene rings is 1. The maximum absolute atomic E-state index is 12.3. The van der Waals surface area contributed by atoms with Gasteiger partial charge in [-0.25, -0.2) is 4.79 Å². The third-order valence-corrected chi connectivity index (χ3v) is 5.44. The van der Waals surface area contributed by atoms with E-state index in [1.807, 2.05) is 38.1 Å². The topological polar surface area (TPSA) is 86.7 Å². The summed E-state index contributed by atoms with van der Waals surface area (Å²) in [6, 6.07) is 5.93. The molecule has 6 nitrogen and oxygen atoms in total. The van der Waals surface area contributed by atoms with Gasteiger partial charge in [-0.15, -0.1) is 12.6 Å². The van der Waals surface area contributed by atoms with Crippen LogP contribution in [0.1, 0.15) is 32.3 Å². The van der Waals surface area contributed by atoms with Gasteiger partial charge in [-0.2, -0.15) is 0 Å². The van der Waals surface area contributed by atoms with Gasteiger partial charge in [0.2, 0.25) is 11.8 Å². The van der Waals surface area contributed by atoms with Crippen molar-refractivity contribution in [3.63, 3.8) is 0 Å². The molecule has 2 aliphatic rings. The highest BCUT2D eigenvalue weighted by Gasteiger charge is 2.63. The minimum atomic E-state index is -0.988. The van der Waals surface area contributed by atoms with E-state index in [0.717, 1.165) is 10.5 Å². The summed E-state index contributed by atoms with van der Waals surface area (Å²) >= 11 is 4.22. The molecule has 25 heavy (non-hydrogen) atoms. The van der Waals surface area contributed by atoms with Crippen LogP contribution in [-0.2, 0) is 20.8 Å². The first-order chi connectivity index (χ1) is 11.7. The number of carboxylic acid groups (broad SMARTS) is 1. The number of fused-ring (bicyclic) bond motifs is 1. The minimum absolute atomic E-state index is 0.190. The SMILES string of the molecule is CC1(C)C[C@@H]2[C@H](NC(=O)CCc3ccc(S)cc3)C(=O)N2[C@H]1C(=O)O. The van der Waals surface area contributed by atoms with Crippen LogP contribution >= 0.6 is 12.6 Å². The molecule has 1 aromatic carbocycles. The predicted molar refractivity (Wildman–Crippen MR) is 94.4 cm³/mol. The lowest BCUT2D eigenvalue weighted by Gasteiger charge is -2.44. The zero-order valence-corrected chi connectivity index (χ0v) is 15.1. The van der Waals surface area contributed by atoms with Crippen LogP contribution in [0, 0.1) is 5.41 Å². The zero-order chi connectivity index (χ0) is 18.4. The van der Waals surface area contributed by atoms with Crippen LogP contribution in [0.4, 0.5) is 0 Å². The second kappa shape index (κ2) is 6.37. The quantitative estimate of drug-likeness (QED) is 0.547. The number of carbonyl (C=O) groups excluding carboxylic acids is 2. The number of carboxylic acids is 1. The van der Waals surface area contributed by atoms with E-state index in [1.54, 1.807) is 0 Å². The van der Waals surface area contributed by atoms with Crippen molar-refractivity contribution in [2.24, 2.45) is 5.41 Å². The monoisotopic (exact) mass is 362 g/mol. The average Bonchev–Trinajstić information content (AvgIpc) is 2.80. The summed E-state index contributed by atoms with van der Waals surface area (Å²) in [5.74, 6) is -1.47. The molecule has 0 aromatic heterocycles. The summed E-state index contributed by atoms with van der Waals surface area (Å²) in [7, 11) is 0. The maximum Gasteiger partial charge on any atom is 0.326 e. The molecule has 0 unspecified atom stereocenters. The van der Waals surface area contributed by atoms with Gasteiger partial charge in [0.1, 0.15) is 12.1 Å². The van der Waals surface area contributed by atoms with Crippen molar-refractivity contribution < 1.29 is 19.5 Å². The number of nitrogens with zero attached hydrogens (tertiary/aromatic N) is 1. The third-order valence-electron chi connectivity index (χ3n) is 5.14. The van der Waals surface area contributed by atoms with Crippen LogP contribution in [0.15, 0.2) is 29.2 Å². The van der Waals surface area contributed by atoms with Gasteiger partial charge < -0.3 is 15.3 Å². The molecular formula is C18H22N2O4S. The molecule has 2 N–H and O–H groups in total. The van der Waals surface area contributed by atoms with E-state index in [4.69, 9.17) is 0 Å². The van der Waals surface area contributed by atoms with Gasteiger partial charge in [0.25, 0.3) is 0 Å². The van der Waals surface area contributed by atoms with Crippen LogP contribution in [0.2, 0.25) is 0 Å². The summed E-state index contributed by atoms with van der Waals surface area (Å²) in [6.45, 7) is 3.70. The average molecular weight is 362 g/mol. The van der Waals surface area contributed by atoms with Crippen LogP contribution in [0.3, 0.4) is 0 Å². The number of thiol groups is 1. The number of rotatable bonds is 5. The Bertz CT molecular complexity index is 716. The molecule has 7 heteroatoms. The van der Waals surface area contributed by atoms with Crippen molar-refractivity contribution in [3.05, 3.63) is 29.8 Å². The molecular weight excluding hydrogens is 340 g/mol. The molecule has 3 rings (SSSR count). The summed E-state index contributed by atoms with van der Waals surface area (Å²) in [5.41, 5.74) is 0.530. The van der Waals surface area contributed by atoms with E-state index in [2.05, 4.69) is 17.9 Å². The first kappa shape index (κ1) is 17.8. The first-order valence-electron chi connectivity index (χ1n) is 8.33. The molecule has 2 heterocycles. The van der Waals surface area contributed by atoms with Crippen molar-refractivity contribution in [2.45, 2.75) is 56.1 Å². The molecule has 0 radical (unpaired) electrons. The van der Waals surface area contributed by atoms with E-state index < -0.39 is 23.5 Å². The fourth-order valence-corrected chi connectivity index (χ4v) is 4.06. The van der Waals surface area contributed by atoms with Gasteiger partial charge in [0, 0.05) is 11.3 Å². The number of nitrogens with one attached hydrogen (secondary N) is 1. The molecule has 134 valence electrons. The lowest BCUT2D eigenvalue weighted by molar-refractivity contribution is -0.163. The second-order valence-electron chi connectivity index (χ2n) is 7.46. The van der Waals surface area contributed by atoms with Crippen LogP contribution < -0.4 is 5.32 Å². The Morgan fingerprint density at radius 3 is 2.56 bits per heavy atom. The van der Waals surface area contributed by atoms with Gasteiger partial charge in [0.15, 0.2) is 0 Å². The standard InChI is InChI=1S/C18H22N2O4S/c1-18(2)9-12-14(16(22)20(12)15(18)17(23)24)19-13(21)8-5-10-3-6-11(25)7-4-10/h3-4,6-7,12,14-15,25H,5,8-9H2,1-2H3,(H,19,21)(H,23,24)/t12-,14+,15+/m1/s1. The van der Waals surface area contributed by atoms with E-state index >= 15 is 0 Å². The van der Waals surface area contributed by atoms with Crippen LogP contribution in [0.25, 0.3) is 0 Å². The molecule has 3 atom stereocenters. The van der Waals surface area contributed by atoms with E-state index in [-0.39, 0.29) is 24.3 Å². The zero-order valence-electron chi connectivity index (χ0n) is 14.2. The Balaban J connectivity index is 1.57. The van der Waals surface area contributed by atoms with Crippen LogP contribution in [0.5, 0.6) is 0 Å². The van der Waals surface area contributed by atoms with Gasteiger partial charge in [-0.3, -0.25) is 9.59 Å². The molecule has 0 aliphatic carbocycles. The fraction of sp³-hybridized carbons (Fsp3) is 0.500. The van der Waals surface area contributed by atoms with Crippen LogP contribution in [-0.4, -0.2) is 45.9 Å². The molecule has 0 saturated carbocycles. The summed E-state index contributed by atoms with van der Waals surface area (Å²) < 4.78 is 0. The van der Waals surface area contributed by atoms with Crippen molar-refractivity contribution in [1.29, 1.82) is 0 Å². The van der Waals surface area contributed by atoms with E-state index in [0.29, 0.717) is 12.8 Å². The molecule has 0 spiro atoms. The highest BCUT2D eigenvalue weighted by molar-refractivity contribution is 7.80. The fourth-order valence-electron chi connectivity index (χ4n) is 3.91. The molecule has 0 bridgehead atoms. The maximum atomic E-state index is 12.3. The van der Waals surface area contributed by atoms with Crippen molar-refractivity contribution in [1.82, 2.24) is 10.2 Å². The lowest BCUT2D eigenvalue weighted by Crippen LogP contribution is -2.70. The smallest absolute Gasteiger partial charge is 0.326 e. The molecule has 2 saturated heterocycles. The highest BCUT2D eigenvalue weighted by atomic mass is 32.1. The van der Waals surface area contributed by atoms with Crippen molar-refractivity contribution in [3.8, 4) is 0 Å². The van der Waals surface area contributed by atoms with Gasteiger partial charge in [-0.1, -0.05) is 26.0 Å². The number of aliphatic carboxylic acids is 1. The second-order valence-corrected chi connectivity index (χ2v) is 7.97. The number of amides is 2. The number of hydrogen-bond donors (Lipinski definition) is 3. The largest absolute Gasteiger partial charge is 0.480 e. The minimum Gasteiger partial charge on any atom is -0.480 e. The Morgan fingerprint density at radius 1 is 1.32 bits per heavy atom. The first-order valence-corrected chi connectivity index (χ1v) is 8.78. The number of carbonyl (C=O) groups is 3. The van der Waals surface area contributed by atoms with Gasteiger partial charge >= 0.3 is 5.97 Å². The van der Waals surface area contributed by atoms with E-state index in [9.17, 15) is 19.5 Å². The highest BCUT2D eigenvalue weighted by Crippen LogP contribution is 2.46. The van der Waals surface area contributed by atoms with E-state index in [1.165, 1.54) is 4.90 Å². The van der Waals surface area contributed by atoms with Crippen molar-refractivity contribution in [2.75, 3.05) is 0 Å². The Morgan fingerprint density at radius 2 is 1.96 bits per heavy atom. The summed E-state index contributed by atoms with van der Waals surface area (Å²) in [5, 5.41) is 12.2. The third kappa shape index (κ3) is 3.25. The number of aryl methyl sites for hydroxylation is 1. The summed E-state index contributed by atoms with van der Waals surface area (Å²) in [6.07, 6.45) is 1.44. The predicted octanol–water partition coefficient (Wildman–Crippen LogP) is 1.49. The molecule has 2 amide bonds. The normalized spacial score (nSPS) is 26.8. The molecule has 2 fully saturated rings.